The van der Waals surface area contributed by atoms with Crippen LogP contribution in [0.25, 0.3) is 0 Å². The molecule has 2 unspecified atom stereocenters. The number of rotatable bonds is 9. The van der Waals surface area contributed by atoms with Crippen molar-refractivity contribution in [2.75, 3.05) is 19.8 Å². The lowest BCUT2D eigenvalue weighted by molar-refractivity contribution is 0.0348. The van der Waals surface area contributed by atoms with Crippen LogP contribution in [0.1, 0.15) is 42.5 Å². The second-order valence-corrected chi connectivity index (χ2v) is 5.98. The van der Waals surface area contributed by atoms with Crippen molar-refractivity contribution in [2.45, 2.75) is 45.8 Å². The van der Waals surface area contributed by atoms with Gasteiger partial charge in [0.25, 0.3) is 0 Å². The molecule has 1 aromatic rings. The van der Waals surface area contributed by atoms with E-state index in [1.54, 1.807) is 11.3 Å². The molecule has 3 nitrogen and oxygen atoms in total. The van der Waals surface area contributed by atoms with E-state index in [4.69, 9.17) is 4.74 Å². The molecule has 18 heavy (non-hydrogen) atoms. The van der Waals surface area contributed by atoms with Crippen LogP contribution in [0.3, 0.4) is 0 Å². The molecule has 0 saturated carbocycles. The van der Waals surface area contributed by atoms with Gasteiger partial charge in [0.15, 0.2) is 0 Å². The van der Waals surface area contributed by atoms with Gasteiger partial charge in [0.2, 0.25) is 0 Å². The Hall–Kier alpha value is -0.420. The summed E-state index contributed by atoms with van der Waals surface area (Å²) in [4.78, 5) is 2.63. The zero-order valence-electron chi connectivity index (χ0n) is 11.6. The van der Waals surface area contributed by atoms with Crippen LogP contribution in [0.4, 0.5) is 0 Å². The van der Waals surface area contributed by atoms with E-state index >= 15 is 0 Å². The summed E-state index contributed by atoms with van der Waals surface area (Å²) in [6.07, 6.45) is 1.76. The van der Waals surface area contributed by atoms with Crippen LogP contribution in [0, 0.1) is 6.92 Å². The fourth-order valence-corrected chi connectivity index (χ4v) is 2.53. The van der Waals surface area contributed by atoms with Crippen LogP contribution >= 0.6 is 11.3 Å². The Morgan fingerprint density at radius 3 is 2.83 bits per heavy atom. The van der Waals surface area contributed by atoms with Crippen LogP contribution in [0.15, 0.2) is 12.1 Å². The minimum absolute atomic E-state index is 0.286. The summed E-state index contributed by atoms with van der Waals surface area (Å²) in [6.45, 7) is 8.10. The lowest BCUT2D eigenvalue weighted by atomic mass is 10.2. The largest absolute Gasteiger partial charge is 0.389 e. The number of aryl methyl sites for hydroxylation is 1. The van der Waals surface area contributed by atoms with E-state index in [0.717, 1.165) is 19.4 Å². The predicted molar refractivity (Wildman–Crippen MR) is 77.2 cm³/mol. The Labute approximate surface area is 114 Å². The van der Waals surface area contributed by atoms with Gasteiger partial charge in [-0.2, -0.15) is 0 Å². The number of thiophene rings is 1. The van der Waals surface area contributed by atoms with Crippen molar-refractivity contribution >= 4 is 11.3 Å². The first kappa shape index (κ1) is 15.6. The fourth-order valence-electron chi connectivity index (χ4n) is 1.62. The van der Waals surface area contributed by atoms with Crippen molar-refractivity contribution in [1.82, 2.24) is 5.32 Å². The number of hydrogen-bond acceptors (Lipinski definition) is 4. The third-order valence-corrected chi connectivity index (χ3v) is 3.98. The summed E-state index contributed by atoms with van der Waals surface area (Å²) in [5, 5.41) is 13.1. The molecule has 0 aliphatic rings. The summed E-state index contributed by atoms with van der Waals surface area (Å²) in [5.74, 6) is 0. The predicted octanol–water partition coefficient (Wildman–Crippen LogP) is 2.88. The number of nitrogens with one attached hydrogen (secondary N) is 1. The third-order valence-electron chi connectivity index (χ3n) is 2.80. The Morgan fingerprint density at radius 2 is 2.22 bits per heavy atom. The Bertz CT molecular complexity index is 327. The molecule has 1 aromatic heterocycles. The monoisotopic (exact) mass is 271 g/mol. The highest BCUT2D eigenvalue weighted by molar-refractivity contribution is 7.12. The SMILES string of the molecule is CCCCOCC(O)CNC(C)c1ccc(C)s1. The number of unbranched alkanes of at least 4 members (excludes halogenated alkanes) is 1. The average molecular weight is 271 g/mol. The molecule has 0 aliphatic carbocycles. The third kappa shape index (κ3) is 5.96. The van der Waals surface area contributed by atoms with Crippen molar-refractivity contribution in [3.8, 4) is 0 Å². The van der Waals surface area contributed by atoms with Gasteiger partial charge in [-0.25, -0.2) is 0 Å². The quantitative estimate of drug-likeness (QED) is 0.679. The molecular weight excluding hydrogens is 246 g/mol. The molecule has 0 fully saturated rings. The highest BCUT2D eigenvalue weighted by Gasteiger charge is 2.10. The summed E-state index contributed by atoms with van der Waals surface area (Å²) < 4.78 is 5.39. The molecule has 2 atom stereocenters. The molecule has 0 aliphatic heterocycles. The Morgan fingerprint density at radius 1 is 1.44 bits per heavy atom. The van der Waals surface area contributed by atoms with Gasteiger partial charge in [0, 0.05) is 28.9 Å². The Kier molecular flexibility index (Phi) is 7.51. The van der Waals surface area contributed by atoms with Crippen molar-refractivity contribution < 1.29 is 9.84 Å². The van der Waals surface area contributed by atoms with Gasteiger partial charge in [0.1, 0.15) is 0 Å². The van der Waals surface area contributed by atoms with Crippen LogP contribution in [-0.2, 0) is 4.74 Å². The molecule has 2 N–H and O–H groups in total. The zero-order chi connectivity index (χ0) is 13.4. The highest BCUT2D eigenvalue weighted by Crippen LogP contribution is 2.21. The van der Waals surface area contributed by atoms with Crippen LogP contribution < -0.4 is 5.32 Å². The van der Waals surface area contributed by atoms with E-state index in [-0.39, 0.29) is 6.04 Å². The standard InChI is InChI=1S/C14H25NO2S/c1-4-5-8-17-10-13(16)9-15-12(3)14-7-6-11(2)18-14/h6-7,12-13,15-16H,4-5,8-10H2,1-3H3. The van der Waals surface area contributed by atoms with Crippen LogP contribution in [-0.4, -0.2) is 31.0 Å². The molecule has 0 saturated heterocycles. The van der Waals surface area contributed by atoms with E-state index in [2.05, 4.69) is 38.2 Å². The van der Waals surface area contributed by atoms with Gasteiger partial charge in [0.05, 0.1) is 12.7 Å². The smallest absolute Gasteiger partial charge is 0.0897 e. The first-order chi connectivity index (χ1) is 8.63. The zero-order valence-corrected chi connectivity index (χ0v) is 12.4. The summed E-state index contributed by atoms with van der Waals surface area (Å²) in [7, 11) is 0. The molecule has 104 valence electrons. The van der Waals surface area contributed by atoms with Crippen molar-refractivity contribution in [1.29, 1.82) is 0 Å². The van der Waals surface area contributed by atoms with Crippen LogP contribution in [0.2, 0.25) is 0 Å². The fraction of sp³-hybridized carbons (Fsp3) is 0.714. The van der Waals surface area contributed by atoms with Gasteiger partial charge in [-0.1, -0.05) is 13.3 Å². The van der Waals surface area contributed by atoms with E-state index in [1.165, 1.54) is 9.75 Å². The van der Waals surface area contributed by atoms with Gasteiger partial charge in [-0.15, -0.1) is 11.3 Å². The summed E-state index contributed by atoms with van der Waals surface area (Å²) >= 11 is 1.80. The van der Waals surface area contributed by atoms with Crippen molar-refractivity contribution in [3.05, 3.63) is 21.9 Å². The first-order valence-electron chi connectivity index (χ1n) is 6.69. The van der Waals surface area contributed by atoms with Gasteiger partial charge >= 0.3 is 0 Å². The molecule has 0 amide bonds. The molecular formula is C14H25NO2S. The normalized spacial score (nSPS) is 14.7. The molecule has 0 radical (unpaired) electrons. The molecule has 0 bridgehead atoms. The van der Waals surface area contributed by atoms with Gasteiger partial charge < -0.3 is 15.2 Å². The second kappa shape index (κ2) is 8.64. The number of ether oxygens (including phenoxy) is 1. The minimum Gasteiger partial charge on any atom is -0.389 e. The van der Waals surface area contributed by atoms with Crippen molar-refractivity contribution in [3.63, 3.8) is 0 Å². The molecule has 1 rings (SSSR count). The lowest BCUT2D eigenvalue weighted by Gasteiger charge is -2.16. The minimum atomic E-state index is -0.426. The number of hydrogen-bond donors (Lipinski definition) is 2. The summed E-state index contributed by atoms with van der Waals surface area (Å²) in [6, 6.07) is 4.55. The van der Waals surface area contributed by atoms with E-state index in [0.29, 0.717) is 13.2 Å². The maximum absolute atomic E-state index is 9.77. The average Bonchev–Trinajstić information content (AvgIpc) is 2.78. The summed E-state index contributed by atoms with van der Waals surface area (Å²) in [5.41, 5.74) is 0. The van der Waals surface area contributed by atoms with Gasteiger partial charge in [-0.3, -0.25) is 0 Å². The van der Waals surface area contributed by atoms with Gasteiger partial charge in [-0.05, 0) is 32.4 Å². The molecule has 4 heteroatoms. The topological polar surface area (TPSA) is 41.5 Å². The molecule has 0 aromatic carbocycles. The van der Waals surface area contributed by atoms with E-state index in [9.17, 15) is 5.11 Å². The number of aliphatic hydroxyl groups is 1. The Balaban J connectivity index is 2.15. The second-order valence-electron chi connectivity index (χ2n) is 4.66. The van der Waals surface area contributed by atoms with Crippen LogP contribution in [0.5, 0.6) is 0 Å². The van der Waals surface area contributed by atoms with Crippen molar-refractivity contribution in [2.24, 2.45) is 0 Å². The first-order valence-corrected chi connectivity index (χ1v) is 7.50. The van der Waals surface area contributed by atoms with E-state index < -0.39 is 6.10 Å². The van der Waals surface area contributed by atoms with E-state index in [1.807, 2.05) is 0 Å². The molecule has 0 spiro atoms. The molecule has 1 heterocycles. The number of aliphatic hydroxyl groups excluding tert-OH is 1. The lowest BCUT2D eigenvalue weighted by Crippen LogP contribution is -2.32. The maximum atomic E-state index is 9.77. The maximum Gasteiger partial charge on any atom is 0.0897 e. The highest BCUT2D eigenvalue weighted by atomic mass is 32.1.